The first-order valence-electron chi connectivity index (χ1n) is 7.61. The van der Waals surface area contributed by atoms with Crippen molar-refractivity contribution >= 4 is 0 Å². The summed E-state index contributed by atoms with van der Waals surface area (Å²) in [5.74, 6) is 1.89. The first-order chi connectivity index (χ1) is 9.19. The number of aryl methyl sites for hydroxylation is 1. The van der Waals surface area contributed by atoms with Crippen LogP contribution in [0.5, 0.6) is 5.75 Å². The van der Waals surface area contributed by atoms with Crippen LogP contribution in [0.2, 0.25) is 0 Å². The van der Waals surface area contributed by atoms with Gasteiger partial charge < -0.3 is 10.1 Å². The molecule has 0 saturated carbocycles. The van der Waals surface area contributed by atoms with E-state index in [4.69, 9.17) is 4.74 Å². The quantitative estimate of drug-likeness (QED) is 0.810. The van der Waals surface area contributed by atoms with Gasteiger partial charge in [0.1, 0.15) is 5.75 Å². The highest BCUT2D eigenvalue weighted by atomic mass is 16.5. The molecule has 1 aliphatic rings. The summed E-state index contributed by atoms with van der Waals surface area (Å²) in [7, 11) is 2.08. The summed E-state index contributed by atoms with van der Waals surface area (Å²) < 4.78 is 5.55. The average molecular weight is 261 g/mol. The predicted molar refractivity (Wildman–Crippen MR) is 80.9 cm³/mol. The lowest BCUT2D eigenvalue weighted by molar-refractivity contribution is 0.357. The second-order valence-corrected chi connectivity index (χ2v) is 6.04. The maximum atomic E-state index is 5.55. The van der Waals surface area contributed by atoms with Crippen molar-refractivity contribution in [2.24, 2.45) is 5.92 Å². The molecule has 0 amide bonds. The molecule has 0 bridgehead atoms. The number of rotatable bonds is 7. The molecule has 1 atom stereocenters. The molecule has 1 heterocycles. The maximum absolute atomic E-state index is 5.55. The van der Waals surface area contributed by atoms with Crippen LogP contribution in [0.1, 0.15) is 44.2 Å². The zero-order valence-corrected chi connectivity index (χ0v) is 12.5. The third kappa shape index (κ3) is 4.24. The van der Waals surface area contributed by atoms with Crippen LogP contribution in [0.3, 0.4) is 0 Å². The second kappa shape index (κ2) is 6.95. The lowest BCUT2D eigenvalue weighted by Gasteiger charge is -2.17. The van der Waals surface area contributed by atoms with Gasteiger partial charge in [0.15, 0.2) is 0 Å². The van der Waals surface area contributed by atoms with Crippen LogP contribution < -0.4 is 10.1 Å². The van der Waals surface area contributed by atoms with Gasteiger partial charge in [-0.25, -0.2) is 0 Å². The molecular weight excluding hydrogens is 234 g/mol. The number of ether oxygens (including phenoxy) is 1. The first-order valence-corrected chi connectivity index (χ1v) is 7.61. The van der Waals surface area contributed by atoms with Gasteiger partial charge in [0.05, 0.1) is 6.61 Å². The molecule has 0 saturated heterocycles. The van der Waals surface area contributed by atoms with Gasteiger partial charge in [-0.3, -0.25) is 0 Å². The highest BCUT2D eigenvalue weighted by Crippen LogP contribution is 2.26. The smallest absolute Gasteiger partial charge is 0.122 e. The van der Waals surface area contributed by atoms with Crippen LogP contribution in [0.15, 0.2) is 18.2 Å². The molecule has 0 fully saturated rings. The predicted octanol–water partition coefficient (Wildman–Crippen LogP) is 3.58. The highest BCUT2D eigenvalue weighted by Gasteiger charge is 2.13. The zero-order chi connectivity index (χ0) is 13.7. The van der Waals surface area contributed by atoms with E-state index in [0.717, 1.165) is 31.1 Å². The minimum Gasteiger partial charge on any atom is -0.493 e. The number of fused-ring (bicyclic) bond motifs is 1. The Kier molecular flexibility index (Phi) is 5.26. The van der Waals surface area contributed by atoms with Crippen LogP contribution >= 0.6 is 0 Å². The van der Waals surface area contributed by atoms with Crippen LogP contribution in [0, 0.1) is 5.92 Å². The first kappa shape index (κ1) is 14.4. The standard InChI is InChI=1S/C17H27NO/c1-13(2)4-7-16(18-3)8-5-14-6-9-17-15(12-14)10-11-19-17/h6,9,12-13,16,18H,4-5,7-8,10-11H2,1-3H3. The highest BCUT2D eigenvalue weighted by molar-refractivity contribution is 5.39. The largest absolute Gasteiger partial charge is 0.493 e. The Labute approximate surface area is 117 Å². The Morgan fingerprint density at radius 2 is 2.05 bits per heavy atom. The van der Waals surface area contributed by atoms with Crippen LogP contribution in [-0.4, -0.2) is 19.7 Å². The number of benzene rings is 1. The Bertz CT molecular complexity index is 400. The molecule has 0 radical (unpaired) electrons. The van der Waals surface area contributed by atoms with Crippen molar-refractivity contribution in [2.75, 3.05) is 13.7 Å². The monoisotopic (exact) mass is 261 g/mol. The fourth-order valence-corrected chi connectivity index (χ4v) is 2.70. The Morgan fingerprint density at radius 1 is 1.21 bits per heavy atom. The maximum Gasteiger partial charge on any atom is 0.122 e. The molecule has 0 aromatic heterocycles. The lowest BCUT2D eigenvalue weighted by Crippen LogP contribution is -2.26. The summed E-state index contributed by atoms with van der Waals surface area (Å²) in [5, 5.41) is 3.46. The molecule has 2 nitrogen and oxygen atoms in total. The summed E-state index contributed by atoms with van der Waals surface area (Å²) in [6.07, 6.45) is 6.05. The summed E-state index contributed by atoms with van der Waals surface area (Å²) >= 11 is 0. The van der Waals surface area contributed by atoms with E-state index in [-0.39, 0.29) is 0 Å². The molecule has 1 N–H and O–H groups in total. The lowest BCUT2D eigenvalue weighted by atomic mass is 9.97. The van der Waals surface area contributed by atoms with Crippen molar-refractivity contribution in [1.82, 2.24) is 5.32 Å². The second-order valence-electron chi connectivity index (χ2n) is 6.04. The molecular formula is C17H27NO. The molecule has 19 heavy (non-hydrogen) atoms. The normalized spacial score (nSPS) is 15.4. The van der Waals surface area contributed by atoms with E-state index in [1.807, 2.05) is 0 Å². The summed E-state index contributed by atoms with van der Waals surface area (Å²) in [6.45, 7) is 5.45. The third-order valence-corrected chi connectivity index (χ3v) is 4.04. The Hall–Kier alpha value is -1.02. The van der Waals surface area contributed by atoms with E-state index in [9.17, 15) is 0 Å². The van der Waals surface area contributed by atoms with E-state index in [2.05, 4.69) is 44.4 Å². The van der Waals surface area contributed by atoms with Crippen molar-refractivity contribution in [2.45, 2.75) is 52.0 Å². The van der Waals surface area contributed by atoms with Gasteiger partial charge in [0.25, 0.3) is 0 Å². The molecule has 1 aromatic carbocycles. The number of nitrogens with one attached hydrogen (secondary N) is 1. The van der Waals surface area contributed by atoms with Crippen molar-refractivity contribution in [3.05, 3.63) is 29.3 Å². The molecule has 1 aliphatic heterocycles. The van der Waals surface area contributed by atoms with E-state index in [1.165, 1.54) is 30.4 Å². The van der Waals surface area contributed by atoms with Gasteiger partial charge in [-0.05, 0) is 55.8 Å². The van der Waals surface area contributed by atoms with E-state index < -0.39 is 0 Å². The molecule has 2 heteroatoms. The average Bonchev–Trinajstić information content (AvgIpc) is 2.86. The molecule has 106 valence electrons. The molecule has 1 aromatic rings. The fraction of sp³-hybridized carbons (Fsp3) is 0.647. The Balaban J connectivity index is 1.83. The van der Waals surface area contributed by atoms with Gasteiger partial charge in [-0.15, -0.1) is 0 Å². The van der Waals surface area contributed by atoms with Crippen molar-refractivity contribution in [3.63, 3.8) is 0 Å². The van der Waals surface area contributed by atoms with E-state index >= 15 is 0 Å². The minimum absolute atomic E-state index is 0.645. The van der Waals surface area contributed by atoms with Gasteiger partial charge >= 0.3 is 0 Å². The van der Waals surface area contributed by atoms with Gasteiger partial charge in [-0.2, -0.15) is 0 Å². The minimum atomic E-state index is 0.645. The fourth-order valence-electron chi connectivity index (χ4n) is 2.70. The van der Waals surface area contributed by atoms with Gasteiger partial charge in [0.2, 0.25) is 0 Å². The van der Waals surface area contributed by atoms with E-state index in [1.54, 1.807) is 0 Å². The van der Waals surface area contributed by atoms with Crippen molar-refractivity contribution in [1.29, 1.82) is 0 Å². The molecule has 0 aliphatic carbocycles. The summed E-state index contributed by atoms with van der Waals surface area (Å²) in [4.78, 5) is 0. The number of hydrogen-bond acceptors (Lipinski definition) is 2. The number of hydrogen-bond donors (Lipinski definition) is 1. The van der Waals surface area contributed by atoms with Crippen LogP contribution in [0.4, 0.5) is 0 Å². The SMILES string of the molecule is CNC(CCc1ccc2c(c1)CCO2)CCC(C)C. The van der Waals surface area contributed by atoms with Crippen molar-refractivity contribution in [3.8, 4) is 5.75 Å². The zero-order valence-electron chi connectivity index (χ0n) is 12.5. The van der Waals surface area contributed by atoms with E-state index in [0.29, 0.717) is 6.04 Å². The van der Waals surface area contributed by atoms with Crippen LogP contribution in [0.25, 0.3) is 0 Å². The third-order valence-electron chi connectivity index (χ3n) is 4.04. The summed E-state index contributed by atoms with van der Waals surface area (Å²) in [5.41, 5.74) is 2.84. The Morgan fingerprint density at radius 3 is 2.79 bits per heavy atom. The topological polar surface area (TPSA) is 21.3 Å². The van der Waals surface area contributed by atoms with Crippen LogP contribution in [-0.2, 0) is 12.8 Å². The van der Waals surface area contributed by atoms with Gasteiger partial charge in [-0.1, -0.05) is 26.0 Å². The molecule has 2 rings (SSSR count). The van der Waals surface area contributed by atoms with Crippen molar-refractivity contribution < 1.29 is 4.74 Å². The van der Waals surface area contributed by atoms with Gasteiger partial charge in [0, 0.05) is 12.5 Å². The molecule has 1 unspecified atom stereocenters. The summed E-state index contributed by atoms with van der Waals surface area (Å²) in [6, 6.07) is 7.34. The molecule has 0 spiro atoms.